The van der Waals surface area contributed by atoms with Crippen molar-refractivity contribution in [1.29, 1.82) is 0 Å². The maximum absolute atomic E-state index is 13.0. The third kappa shape index (κ3) is 3.98. The second-order valence-electron chi connectivity index (χ2n) is 7.67. The van der Waals surface area contributed by atoms with Crippen molar-refractivity contribution in [3.05, 3.63) is 59.7 Å². The van der Waals surface area contributed by atoms with Crippen LogP contribution in [0.15, 0.2) is 53.4 Å². The van der Waals surface area contributed by atoms with Crippen molar-refractivity contribution in [1.82, 2.24) is 4.72 Å². The van der Waals surface area contributed by atoms with E-state index in [1.807, 2.05) is 24.3 Å². The molecule has 2 aliphatic rings. The first-order valence-electron chi connectivity index (χ1n) is 10.1. The van der Waals surface area contributed by atoms with Gasteiger partial charge in [0, 0.05) is 23.8 Å². The van der Waals surface area contributed by atoms with Crippen LogP contribution in [-0.2, 0) is 16.4 Å². The first-order valence-corrected chi connectivity index (χ1v) is 11.5. The molecule has 1 aliphatic heterocycles. The van der Waals surface area contributed by atoms with Crippen LogP contribution in [0.1, 0.15) is 54.4 Å². The predicted molar refractivity (Wildman–Crippen MR) is 110 cm³/mol. The Morgan fingerprint density at radius 2 is 1.71 bits per heavy atom. The summed E-state index contributed by atoms with van der Waals surface area (Å²) in [7, 11) is -3.64. The Bertz CT molecular complexity index is 963. The van der Waals surface area contributed by atoms with E-state index in [0.29, 0.717) is 12.1 Å². The molecule has 2 aromatic rings. The normalized spacial score (nSPS) is 17.9. The highest BCUT2D eigenvalue weighted by Crippen LogP contribution is 2.29. The first-order chi connectivity index (χ1) is 13.5. The summed E-state index contributed by atoms with van der Waals surface area (Å²) in [4.78, 5) is 14.9. The number of benzene rings is 2. The molecule has 2 aromatic carbocycles. The van der Waals surface area contributed by atoms with E-state index in [1.54, 1.807) is 23.1 Å². The SMILES string of the molecule is O=C(c1cccc(S(=O)(=O)NC2CCCCCC2)c1)N1CCc2ccccc21. The number of para-hydroxylation sites is 1. The molecule has 0 bridgehead atoms. The van der Waals surface area contributed by atoms with Crippen LogP contribution in [0.3, 0.4) is 0 Å². The van der Waals surface area contributed by atoms with E-state index in [1.165, 1.54) is 18.9 Å². The number of rotatable bonds is 4. The smallest absolute Gasteiger partial charge is 0.258 e. The standard InChI is InChI=1S/C22H26N2O3S/c25-22(24-15-14-17-8-5-6-13-21(17)24)18-9-7-12-20(16-18)28(26,27)23-19-10-3-1-2-4-11-19/h5-9,12-13,16,19,23H,1-4,10-11,14-15H2. The maximum atomic E-state index is 13.0. The van der Waals surface area contributed by atoms with Crippen molar-refractivity contribution < 1.29 is 13.2 Å². The van der Waals surface area contributed by atoms with Gasteiger partial charge in [0.05, 0.1) is 4.90 Å². The van der Waals surface area contributed by atoms with Crippen LogP contribution < -0.4 is 9.62 Å². The topological polar surface area (TPSA) is 66.5 Å². The summed E-state index contributed by atoms with van der Waals surface area (Å²) in [6.07, 6.45) is 7.02. The fourth-order valence-electron chi connectivity index (χ4n) is 4.19. The molecule has 5 nitrogen and oxygen atoms in total. The fourth-order valence-corrected chi connectivity index (χ4v) is 5.54. The van der Waals surface area contributed by atoms with Crippen molar-refractivity contribution in [2.45, 2.75) is 55.9 Å². The average Bonchev–Trinajstić information content (AvgIpc) is 2.97. The minimum atomic E-state index is -3.64. The predicted octanol–water partition coefficient (Wildman–Crippen LogP) is 3.89. The van der Waals surface area contributed by atoms with Crippen LogP contribution >= 0.6 is 0 Å². The molecular formula is C22H26N2O3S. The zero-order chi connectivity index (χ0) is 19.6. The molecule has 0 unspecified atom stereocenters. The van der Waals surface area contributed by atoms with Crippen molar-refractivity contribution >= 4 is 21.6 Å². The van der Waals surface area contributed by atoms with Crippen LogP contribution in [0, 0.1) is 0 Å². The quantitative estimate of drug-likeness (QED) is 0.795. The van der Waals surface area contributed by atoms with Gasteiger partial charge in [0.15, 0.2) is 0 Å². The Balaban J connectivity index is 1.55. The zero-order valence-corrected chi connectivity index (χ0v) is 16.7. The maximum Gasteiger partial charge on any atom is 0.258 e. The molecule has 4 rings (SSSR count). The van der Waals surface area contributed by atoms with Gasteiger partial charge in [-0.05, 0) is 49.1 Å². The van der Waals surface area contributed by atoms with Gasteiger partial charge >= 0.3 is 0 Å². The molecule has 1 amide bonds. The number of fused-ring (bicyclic) bond motifs is 1. The van der Waals surface area contributed by atoms with Crippen LogP contribution in [0.5, 0.6) is 0 Å². The molecule has 0 aromatic heterocycles. The Kier molecular flexibility index (Phi) is 5.51. The number of nitrogens with one attached hydrogen (secondary N) is 1. The third-order valence-electron chi connectivity index (χ3n) is 5.70. The summed E-state index contributed by atoms with van der Waals surface area (Å²) in [6, 6.07) is 14.2. The van der Waals surface area contributed by atoms with E-state index in [0.717, 1.165) is 43.4 Å². The van der Waals surface area contributed by atoms with Crippen LogP contribution in [-0.4, -0.2) is 26.9 Å². The Morgan fingerprint density at radius 1 is 0.964 bits per heavy atom. The van der Waals surface area contributed by atoms with Crippen LogP contribution in [0.25, 0.3) is 0 Å². The largest absolute Gasteiger partial charge is 0.308 e. The fraction of sp³-hybridized carbons (Fsp3) is 0.409. The molecule has 1 heterocycles. The van der Waals surface area contributed by atoms with Gasteiger partial charge in [0.25, 0.3) is 5.91 Å². The molecule has 1 saturated carbocycles. The number of nitrogens with zero attached hydrogens (tertiary/aromatic N) is 1. The molecule has 0 atom stereocenters. The molecule has 6 heteroatoms. The number of carbonyl (C=O) groups is 1. The monoisotopic (exact) mass is 398 g/mol. The Morgan fingerprint density at radius 3 is 2.50 bits per heavy atom. The van der Waals surface area contributed by atoms with Gasteiger partial charge in [-0.2, -0.15) is 0 Å². The number of anilines is 1. The van der Waals surface area contributed by atoms with Crippen molar-refractivity contribution in [3.8, 4) is 0 Å². The Hall–Kier alpha value is -2.18. The molecule has 148 valence electrons. The number of hydrogen-bond acceptors (Lipinski definition) is 3. The van der Waals surface area contributed by atoms with E-state index >= 15 is 0 Å². The zero-order valence-electron chi connectivity index (χ0n) is 15.9. The lowest BCUT2D eigenvalue weighted by atomic mass is 10.1. The minimum absolute atomic E-state index is 0.0164. The molecular weight excluding hydrogens is 372 g/mol. The second kappa shape index (κ2) is 8.05. The molecule has 0 spiro atoms. The van der Waals surface area contributed by atoms with Crippen LogP contribution in [0.4, 0.5) is 5.69 Å². The molecule has 0 radical (unpaired) electrons. The number of carbonyl (C=O) groups excluding carboxylic acids is 1. The van der Waals surface area contributed by atoms with Gasteiger partial charge < -0.3 is 4.90 Å². The lowest BCUT2D eigenvalue weighted by molar-refractivity contribution is 0.0989. The lowest BCUT2D eigenvalue weighted by Crippen LogP contribution is -2.34. The summed E-state index contributed by atoms with van der Waals surface area (Å²) >= 11 is 0. The summed E-state index contributed by atoms with van der Waals surface area (Å²) < 4.78 is 28.6. The van der Waals surface area contributed by atoms with E-state index in [9.17, 15) is 13.2 Å². The average molecular weight is 399 g/mol. The number of hydrogen-bond donors (Lipinski definition) is 1. The van der Waals surface area contributed by atoms with Gasteiger partial charge in [-0.25, -0.2) is 13.1 Å². The molecule has 28 heavy (non-hydrogen) atoms. The third-order valence-corrected chi connectivity index (χ3v) is 7.22. The number of sulfonamides is 1. The Labute approximate surface area is 166 Å². The summed E-state index contributed by atoms with van der Waals surface area (Å²) in [5.41, 5.74) is 2.47. The van der Waals surface area contributed by atoms with E-state index in [4.69, 9.17) is 0 Å². The molecule has 0 saturated heterocycles. The van der Waals surface area contributed by atoms with Gasteiger partial charge in [-0.3, -0.25) is 4.79 Å². The summed E-state index contributed by atoms with van der Waals surface area (Å²) in [6.45, 7) is 0.621. The summed E-state index contributed by atoms with van der Waals surface area (Å²) in [5.74, 6) is -0.156. The minimum Gasteiger partial charge on any atom is -0.308 e. The highest BCUT2D eigenvalue weighted by molar-refractivity contribution is 7.89. The van der Waals surface area contributed by atoms with Gasteiger partial charge in [-0.1, -0.05) is 49.9 Å². The molecule has 1 fully saturated rings. The van der Waals surface area contributed by atoms with E-state index in [2.05, 4.69) is 4.72 Å². The highest BCUT2D eigenvalue weighted by atomic mass is 32.2. The van der Waals surface area contributed by atoms with Gasteiger partial charge in [-0.15, -0.1) is 0 Å². The summed E-state index contributed by atoms with van der Waals surface area (Å²) in [5, 5.41) is 0. The van der Waals surface area contributed by atoms with Gasteiger partial charge in [0.2, 0.25) is 10.0 Å². The number of amides is 1. The lowest BCUT2D eigenvalue weighted by Gasteiger charge is -2.19. The van der Waals surface area contributed by atoms with Gasteiger partial charge in [0.1, 0.15) is 0 Å². The van der Waals surface area contributed by atoms with Crippen molar-refractivity contribution in [2.24, 2.45) is 0 Å². The highest BCUT2D eigenvalue weighted by Gasteiger charge is 2.27. The van der Waals surface area contributed by atoms with Crippen molar-refractivity contribution in [3.63, 3.8) is 0 Å². The van der Waals surface area contributed by atoms with E-state index < -0.39 is 10.0 Å². The first kappa shape index (κ1) is 19.2. The molecule has 1 aliphatic carbocycles. The molecule has 1 N–H and O–H groups in total. The van der Waals surface area contributed by atoms with Crippen molar-refractivity contribution in [2.75, 3.05) is 11.4 Å². The second-order valence-corrected chi connectivity index (χ2v) is 9.39. The van der Waals surface area contributed by atoms with Crippen LogP contribution in [0.2, 0.25) is 0 Å². The van der Waals surface area contributed by atoms with E-state index in [-0.39, 0.29) is 16.8 Å².